The Bertz CT molecular complexity index is 635. The lowest BCUT2D eigenvalue weighted by molar-refractivity contribution is 0.102. The summed E-state index contributed by atoms with van der Waals surface area (Å²) in [5, 5.41) is 15.7. The number of benzene rings is 1. The number of aromatic nitrogens is 2. The molecule has 2 N–H and O–H groups in total. The maximum absolute atomic E-state index is 12.2. The Morgan fingerprint density at radius 2 is 2.18 bits per heavy atom. The molecule has 0 aliphatic carbocycles. The summed E-state index contributed by atoms with van der Waals surface area (Å²) in [6.45, 7) is 1.97. The normalized spacial score (nSPS) is 18.0. The lowest BCUT2D eigenvalue weighted by Gasteiger charge is -2.19. The highest BCUT2D eigenvalue weighted by atomic mass is 32.1. The third kappa shape index (κ3) is 3.42. The molecule has 1 aliphatic rings. The lowest BCUT2D eigenvalue weighted by atomic mass is 10.0. The highest BCUT2D eigenvalue weighted by Crippen LogP contribution is 2.26. The molecule has 1 fully saturated rings. The SMILES string of the molecule is COc1ccc(NC(=O)c2nnc(C3CCCNC3)s2)cc1. The molecule has 1 aliphatic heterocycles. The fourth-order valence-electron chi connectivity index (χ4n) is 2.41. The number of nitrogens with zero attached hydrogens (tertiary/aromatic N) is 2. The summed E-state index contributed by atoms with van der Waals surface area (Å²) in [7, 11) is 1.61. The summed E-state index contributed by atoms with van der Waals surface area (Å²) in [6.07, 6.45) is 2.24. The fourth-order valence-corrected chi connectivity index (χ4v) is 3.29. The molecule has 7 heteroatoms. The minimum Gasteiger partial charge on any atom is -0.497 e. The highest BCUT2D eigenvalue weighted by molar-refractivity contribution is 7.13. The van der Waals surface area contributed by atoms with E-state index in [1.165, 1.54) is 11.3 Å². The van der Waals surface area contributed by atoms with Gasteiger partial charge in [0.25, 0.3) is 5.91 Å². The van der Waals surface area contributed by atoms with Gasteiger partial charge in [0.15, 0.2) is 0 Å². The van der Waals surface area contributed by atoms with Crippen LogP contribution in [0.15, 0.2) is 24.3 Å². The first kappa shape index (κ1) is 14.9. The van der Waals surface area contributed by atoms with Crippen molar-refractivity contribution in [3.63, 3.8) is 0 Å². The van der Waals surface area contributed by atoms with Crippen LogP contribution in [0.4, 0.5) is 5.69 Å². The van der Waals surface area contributed by atoms with Gasteiger partial charge in [-0.25, -0.2) is 0 Å². The average molecular weight is 318 g/mol. The van der Waals surface area contributed by atoms with Crippen molar-refractivity contribution in [3.8, 4) is 5.75 Å². The number of rotatable bonds is 4. The van der Waals surface area contributed by atoms with Crippen LogP contribution in [0.25, 0.3) is 0 Å². The van der Waals surface area contributed by atoms with Crippen molar-refractivity contribution in [3.05, 3.63) is 34.3 Å². The average Bonchev–Trinajstić information content (AvgIpc) is 3.06. The number of anilines is 1. The van der Waals surface area contributed by atoms with Crippen LogP contribution in [0.3, 0.4) is 0 Å². The highest BCUT2D eigenvalue weighted by Gasteiger charge is 2.21. The first-order valence-electron chi connectivity index (χ1n) is 7.26. The van der Waals surface area contributed by atoms with Crippen LogP contribution >= 0.6 is 11.3 Å². The first-order chi connectivity index (χ1) is 10.8. The summed E-state index contributed by atoms with van der Waals surface area (Å²) in [5.41, 5.74) is 0.710. The second-order valence-corrected chi connectivity index (χ2v) is 6.18. The number of amides is 1. The van der Waals surface area contributed by atoms with Crippen LogP contribution in [0.2, 0.25) is 0 Å². The molecule has 22 heavy (non-hydrogen) atoms. The van der Waals surface area contributed by atoms with E-state index >= 15 is 0 Å². The van der Waals surface area contributed by atoms with E-state index in [1.807, 2.05) is 0 Å². The number of carbonyl (C=O) groups excluding carboxylic acids is 1. The Labute approximate surface area is 132 Å². The molecule has 2 heterocycles. The van der Waals surface area contributed by atoms with E-state index in [4.69, 9.17) is 4.74 Å². The summed E-state index contributed by atoms with van der Waals surface area (Å²) < 4.78 is 5.09. The molecule has 1 amide bonds. The summed E-state index contributed by atoms with van der Waals surface area (Å²) in [4.78, 5) is 12.2. The van der Waals surface area contributed by atoms with Gasteiger partial charge in [-0.05, 0) is 43.7 Å². The van der Waals surface area contributed by atoms with Crippen molar-refractivity contribution in [2.75, 3.05) is 25.5 Å². The van der Waals surface area contributed by atoms with Gasteiger partial charge in [0.05, 0.1) is 7.11 Å². The topological polar surface area (TPSA) is 76.1 Å². The number of carbonyl (C=O) groups is 1. The number of hydrogen-bond donors (Lipinski definition) is 2. The molecule has 116 valence electrons. The summed E-state index contributed by atoms with van der Waals surface area (Å²) >= 11 is 1.38. The minimum absolute atomic E-state index is 0.224. The van der Waals surface area contributed by atoms with Crippen molar-refractivity contribution in [1.82, 2.24) is 15.5 Å². The third-order valence-corrected chi connectivity index (χ3v) is 4.71. The van der Waals surface area contributed by atoms with Crippen molar-refractivity contribution in [2.24, 2.45) is 0 Å². The predicted octanol–water partition coefficient (Wildman–Crippen LogP) is 2.27. The van der Waals surface area contributed by atoms with Crippen LogP contribution in [0.5, 0.6) is 5.75 Å². The summed E-state index contributed by atoms with van der Waals surface area (Å²) in [5.74, 6) is 0.896. The Balaban J connectivity index is 1.65. The van der Waals surface area contributed by atoms with Crippen molar-refractivity contribution in [1.29, 1.82) is 0 Å². The van der Waals surface area contributed by atoms with Gasteiger partial charge in [-0.15, -0.1) is 10.2 Å². The van der Waals surface area contributed by atoms with Gasteiger partial charge >= 0.3 is 0 Å². The second-order valence-electron chi connectivity index (χ2n) is 5.17. The van der Waals surface area contributed by atoms with Gasteiger partial charge in [-0.2, -0.15) is 0 Å². The number of methoxy groups -OCH3 is 1. The monoisotopic (exact) mass is 318 g/mol. The van der Waals surface area contributed by atoms with E-state index in [2.05, 4.69) is 20.8 Å². The van der Waals surface area contributed by atoms with E-state index in [1.54, 1.807) is 31.4 Å². The van der Waals surface area contributed by atoms with Crippen LogP contribution < -0.4 is 15.4 Å². The Morgan fingerprint density at radius 3 is 2.86 bits per heavy atom. The van der Waals surface area contributed by atoms with Crippen molar-refractivity contribution >= 4 is 22.9 Å². The predicted molar refractivity (Wildman–Crippen MR) is 85.7 cm³/mol. The molecule has 0 spiro atoms. The Kier molecular flexibility index (Phi) is 4.65. The molecule has 1 atom stereocenters. The molecule has 1 unspecified atom stereocenters. The van der Waals surface area contributed by atoms with Crippen LogP contribution in [-0.4, -0.2) is 36.3 Å². The van der Waals surface area contributed by atoms with Crippen LogP contribution in [0, 0.1) is 0 Å². The zero-order chi connectivity index (χ0) is 15.4. The largest absolute Gasteiger partial charge is 0.497 e. The molecule has 0 radical (unpaired) electrons. The zero-order valence-electron chi connectivity index (χ0n) is 12.3. The zero-order valence-corrected chi connectivity index (χ0v) is 13.2. The Hall–Kier alpha value is -1.99. The molecule has 0 bridgehead atoms. The van der Waals surface area contributed by atoms with E-state index in [9.17, 15) is 4.79 Å². The molecule has 0 saturated carbocycles. The van der Waals surface area contributed by atoms with E-state index in [0.29, 0.717) is 16.6 Å². The van der Waals surface area contributed by atoms with Crippen molar-refractivity contribution in [2.45, 2.75) is 18.8 Å². The quantitative estimate of drug-likeness (QED) is 0.904. The van der Waals surface area contributed by atoms with Gasteiger partial charge < -0.3 is 15.4 Å². The smallest absolute Gasteiger partial charge is 0.286 e. The maximum atomic E-state index is 12.2. The molecular formula is C15H18N4O2S. The van der Waals surface area contributed by atoms with E-state index in [-0.39, 0.29) is 5.91 Å². The lowest BCUT2D eigenvalue weighted by Crippen LogP contribution is -2.28. The van der Waals surface area contributed by atoms with Gasteiger partial charge in [-0.1, -0.05) is 11.3 Å². The summed E-state index contributed by atoms with van der Waals surface area (Å²) in [6, 6.07) is 7.19. The van der Waals surface area contributed by atoms with Crippen LogP contribution in [-0.2, 0) is 0 Å². The van der Waals surface area contributed by atoms with Gasteiger partial charge in [0.2, 0.25) is 5.01 Å². The number of hydrogen-bond acceptors (Lipinski definition) is 6. The molecule has 1 saturated heterocycles. The fraction of sp³-hybridized carbons (Fsp3) is 0.400. The molecule has 1 aromatic carbocycles. The molecule has 3 rings (SSSR count). The first-order valence-corrected chi connectivity index (χ1v) is 8.07. The third-order valence-electron chi connectivity index (χ3n) is 3.63. The van der Waals surface area contributed by atoms with Gasteiger partial charge in [0.1, 0.15) is 10.8 Å². The minimum atomic E-state index is -0.224. The van der Waals surface area contributed by atoms with E-state index in [0.717, 1.165) is 36.7 Å². The Morgan fingerprint density at radius 1 is 1.36 bits per heavy atom. The number of piperidine rings is 1. The van der Waals surface area contributed by atoms with E-state index < -0.39 is 0 Å². The second kappa shape index (κ2) is 6.85. The molecule has 6 nitrogen and oxygen atoms in total. The number of nitrogens with one attached hydrogen (secondary N) is 2. The molecular weight excluding hydrogens is 300 g/mol. The number of ether oxygens (including phenoxy) is 1. The molecule has 2 aromatic rings. The van der Waals surface area contributed by atoms with Gasteiger partial charge in [0, 0.05) is 18.2 Å². The maximum Gasteiger partial charge on any atom is 0.286 e. The van der Waals surface area contributed by atoms with Crippen molar-refractivity contribution < 1.29 is 9.53 Å². The van der Waals surface area contributed by atoms with Crippen LogP contribution in [0.1, 0.15) is 33.6 Å². The van der Waals surface area contributed by atoms with Gasteiger partial charge in [-0.3, -0.25) is 4.79 Å². The molecule has 1 aromatic heterocycles. The standard InChI is InChI=1S/C15H18N4O2S/c1-21-12-6-4-11(5-7-12)17-13(20)15-19-18-14(22-15)10-3-2-8-16-9-10/h4-7,10,16H,2-3,8-9H2,1H3,(H,17,20).